The van der Waals surface area contributed by atoms with Crippen molar-refractivity contribution in [2.75, 3.05) is 39.4 Å². The summed E-state index contributed by atoms with van der Waals surface area (Å²) in [6.07, 6.45) is 4.80. The van der Waals surface area contributed by atoms with Crippen molar-refractivity contribution < 1.29 is 10.2 Å². The Morgan fingerprint density at radius 2 is 1.70 bits per heavy atom. The number of aliphatic hydroxyl groups excluding tert-OH is 2. The van der Waals surface area contributed by atoms with Crippen molar-refractivity contribution in [1.82, 2.24) is 9.80 Å². The van der Waals surface area contributed by atoms with Gasteiger partial charge in [-0.2, -0.15) is 0 Å². The minimum absolute atomic E-state index is 0. The Balaban J connectivity index is 0. The Hall–Kier alpha value is -0.170. The lowest BCUT2D eigenvalue weighted by Crippen LogP contribution is -2.53. The smallest absolute Gasteiger partial charge is 0.0606 e. The molecular formula is C12H24Cl3N3O2. The molecule has 1 aliphatic heterocycles. The molecule has 0 radical (unpaired) electrons. The maximum atomic E-state index is 9.08. The standard InChI is InChI=1S/C12H21N3O2.3ClH/c13-10-1-2-11-12(9-10)15(6-8-17)4-3-14(11)5-7-16;;;/h1-2,12,16-17H,3-9,13H2;3*1H. The summed E-state index contributed by atoms with van der Waals surface area (Å²) in [5, 5.41) is 18.2. The molecule has 0 aromatic carbocycles. The van der Waals surface area contributed by atoms with E-state index in [9.17, 15) is 0 Å². The fourth-order valence-corrected chi connectivity index (χ4v) is 2.62. The maximum absolute atomic E-state index is 9.08. The summed E-state index contributed by atoms with van der Waals surface area (Å²) in [7, 11) is 0. The van der Waals surface area contributed by atoms with Crippen LogP contribution in [0.1, 0.15) is 6.42 Å². The Bertz CT molecular complexity index is 340. The SMILES string of the molecule is Cl.Cl.Cl.NC1=CC=C2C(C1)N(CCO)CCN2CCO. The van der Waals surface area contributed by atoms with Gasteiger partial charge in [-0.25, -0.2) is 0 Å². The molecule has 1 aliphatic carbocycles. The number of nitrogens with zero attached hydrogens (tertiary/aromatic N) is 2. The molecule has 8 heteroatoms. The van der Waals surface area contributed by atoms with E-state index in [0.29, 0.717) is 13.1 Å². The zero-order valence-corrected chi connectivity index (χ0v) is 13.7. The molecular weight excluding hydrogens is 325 g/mol. The predicted molar refractivity (Wildman–Crippen MR) is 87.8 cm³/mol. The minimum Gasteiger partial charge on any atom is -0.402 e. The summed E-state index contributed by atoms with van der Waals surface area (Å²) in [4.78, 5) is 4.47. The van der Waals surface area contributed by atoms with Gasteiger partial charge in [-0.15, -0.1) is 37.2 Å². The Morgan fingerprint density at radius 3 is 2.30 bits per heavy atom. The highest BCUT2D eigenvalue weighted by atomic mass is 35.5. The molecule has 20 heavy (non-hydrogen) atoms. The molecule has 0 aromatic rings. The first-order valence-corrected chi connectivity index (χ1v) is 6.13. The summed E-state index contributed by atoms with van der Waals surface area (Å²) in [5.41, 5.74) is 7.98. The quantitative estimate of drug-likeness (QED) is 0.684. The molecule has 1 fully saturated rings. The third-order valence-electron chi connectivity index (χ3n) is 3.46. The molecule has 0 spiro atoms. The van der Waals surface area contributed by atoms with Crippen LogP contribution in [0.2, 0.25) is 0 Å². The zero-order chi connectivity index (χ0) is 12.3. The Kier molecular flexibility index (Phi) is 11.7. The van der Waals surface area contributed by atoms with Crippen molar-refractivity contribution in [3.63, 3.8) is 0 Å². The van der Waals surface area contributed by atoms with Crippen LogP contribution in [0.5, 0.6) is 0 Å². The number of fused-ring (bicyclic) bond motifs is 1. The van der Waals surface area contributed by atoms with Crippen LogP contribution in [0.25, 0.3) is 0 Å². The molecule has 1 unspecified atom stereocenters. The normalized spacial score (nSPS) is 21.5. The molecule has 2 rings (SSSR count). The molecule has 0 saturated carbocycles. The lowest BCUT2D eigenvalue weighted by atomic mass is 9.97. The zero-order valence-electron chi connectivity index (χ0n) is 11.3. The third-order valence-corrected chi connectivity index (χ3v) is 3.46. The first-order valence-electron chi connectivity index (χ1n) is 6.13. The van der Waals surface area contributed by atoms with Crippen molar-refractivity contribution in [3.8, 4) is 0 Å². The van der Waals surface area contributed by atoms with Gasteiger partial charge in [0.2, 0.25) is 0 Å². The van der Waals surface area contributed by atoms with Crippen molar-refractivity contribution in [3.05, 3.63) is 23.5 Å². The number of β-amino-alcohol motifs (C(OH)–C–C–N with tert-alkyl or cyclic N) is 2. The second-order valence-electron chi connectivity index (χ2n) is 4.52. The van der Waals surface area contributed by atoms with Crippen LogP contribution in [0.4, 0.5) is 0 Å². The minimum atomic E-state index is 0. The number of halogens is 3. The van der Waals surface area contributed by atoms with Gasteiger partial charge in [-0.1, -0.05) is 0 Å². The summed E-state index contributed by atoms with van der Waals surface area (Å²) in [6, 6.07) is 0.257. The first-order chi connectivity index (χ1) is 8.26. The fourth-order valence-electron chi connectivity index (χ4n) is 2.62. The molecule has 1 saturated heterocycles. The molecule has 0 amide bonds. The summed E-state index contributed by atoms with van der Waals surface area (Å²) < 4.78 is 0. The van der Waals surface area contributed by atoms with E-state index in [1.165, 1.54) is 5.70 Å². The van der Waals surface area contributed by atoms with Gasteiger partial charge in [0.25, 0.3) is 0 Å². The van der Waals surface area contributed by atoms with Gasteiger partial charge in [-0.05, 0) is 12.2 Å². The topological polar surface area (TPSA) is 73.0 Å². The number of nitrogens with two attached hydrogens (primary N) is 1. The Morgan fingerprint density at radius 1 is 1.05 bits per heavy atom. The van der Waals surface area contributed by atoms with E-state index in [1.54, 1.807) is 0 Å². The van der Waals surface area contributed by atoms with E-state index in [0.717, 1.165) is 25.2 Å². The van der Waals surface area contributed by atoms with Crippen LogP contribution in [0.3, 0.4) is 0 Å². The van der Waals surface area contributed by atoms with Crippen molar-refractivity contribution >= 4 is 37.2 Å². The van der Waals surface area contributed by atoms with E-state index < -0.39 is 0 Å². The molecule has 4 N–H and O–H groups in total. The predicted octanol–water partition coefficient (Wildman–Crippen LogP) is 0.353. The van der Waals surface area contributed by atoms with Gasteiger partial charge in [-0.3, -0.25) is 4.90 Å². The largest absolute Gasteiger partial charge is 0.402 e. The molecule has 2 aliphatic rings. The Labute approximate surface area is 138 Å². The highest BCUT2D eigenvalue weighted by Crippen LogP contribution is 2.27. The van der Waals surface area contributed by atoms with Gasteiger partial charge in [0, 0.05) is 44.0 Å². The van der Waals surface area contributed by atoms with Gasteiger partial charge in [0.15, 0.2) is 0 Å². The second-order valence-corrected chi connectivity index (χ2v) is 4.52. The van der Waals surface area contributed by atoms with Gasteiger partial charge in [0.1, 0.15) is 0 Å². The summed E-state index contributed by atoms with van der Waals surface area (Å²) in [6.45, 7) is 3.51. The number of hydrogen-bond acceptors (Lipinski definition) is 5. The lowest BCUT2D eigenvalue weighted by molar-refractivity contribution is 0.0869. The number of hydrogen-bond donors (Lipinski definition) is 3. The van der Waals surface area contributed by atoms with Crippen molar-refractivity contribution in [2.24, 2.45) is 5.73 Å². The fraction of sp³-hybridized carbons (Fsp3) is 0.667. The average Bonchev–Trinajstić information content (AvgIpc) is 2.32. The molecule has 1 atom stereocenters. The summed E-state index contributed by atoms with van der Waals surface area (Å²) >= 11 is 0. The lowest BCUT2D eigenvalue weighted by Gasteiger charge is -2.45. The van der Waals surface area contributed by atoms with Crippen LogP contribution in [-0.4, -0.2) is 65.4 Å². The highest BCUT2D eigenvalue weighted by molar-refractivity contribution is 5.86. The van der Waals surface area contributed by atoms with Gasteiger partial charge < -0.3 is 20.8 Å². The van der Waals surface area contributed by atoms with Crippen LogP contribution in [-0.2, 0) is 0 Å². The van der Waals surface area contributed by atoms with E-state index >= 15 is 0 Å². The van der Waals surface area contributed by atoms with Crippen molar-refractivity contribution in [2.45, 2.75) is 12.5 Å². The molecule has 5 nitrogen and oxygen atoms in total. The highest BCUT2D eigenvalue weighted by Gasteiger charge is 2.32. The van der Waals surface area contributed by atoms with Crippen LogP contribution in [0, 0.1) is 0 Å². The van der Waals surface area contributed by atoms with Crippen LogP contribution < -0.4 is 5.73 Å². The number of rotatable bonds is 4. The number of allylic oxidation sites excluding steroid dienone is 2. The average molecular weight is 349 g/mol. The first kappa shape index (κ1) is 22.1. The van der Waals surface area contributed by atoms with E-state index in [2.05, 4.69) is 9.80 Å². The molecule has 0 aromatic heterocycles. The van der Waals surface area contributed by atoms with Crippen LogP contribution >= 0.6 is 37.2 Å². The molecule has 120 valence electrons. The monoisotopic (exact) mass is 347 g/mol. The second kappa shape index (κ2) is 10.5. The van der Waals surface area contributed by atoms with Crippen LogP contribution in [0.15, 0.2) is 23.5 Å². The number of piperazine rings is 1. The van der Waals surface area contributed by atoms with Gasteiger partial charge in [0.05, 0.1) is 19.3 Å². The van der Waals surface area contributed by atoms with E-state index in [4.69, 9.17) is 15.9 Å². The summed E-state index contributed by atoms with van der Waals surface area (Å²) in [5.74, 6) is 0. The third kappa shape index (κ3) is 4.98. The molecule has 1 heterocycles. The van der Waals surface area contributed by atoms with E-state index in [-0.39, 0.29) is 56.5 Å². The van der Waals surface area contributed by atoms with Crippen molar-refractivity contribution in [1.29, 1.82) is 0 Å². The number of aliphatic hydroxyl groups is 2. The van der Waals surface area contributed by atoms with E-state index in [1.807, 2.05) is 12.2 Å². The molecule has 0 bridgehead atoms. The maximum Gasteiger partial charge on any atom is 0.0606 e. The van der Waals surface area contributed by atoms with Gasteiger partial charge >= 0.3 is 0 Å².